The molecular formula is C22H22ClNO3S. The first-order valence-corrected chi connectivity index (χ1v) is 10.7. The molecule has 0 saturated heterocycles. The van der Waals surface area contributed by atoms with Crippen LogP contribution in [0.3, 0.4) is 0 Å². The number of carbonyl (C=O) groups excluding carboxylic acids is 1. The Balaban J connectivity index is 1.60. The lowest BCUT2D eigenvalue weighted by Gasteiger charge is -2.31. The highest BCUT2D eigenvalue weighted by Gasteiger charge is 2.44. The number of halogens is 1. The summed E-state index contributed by atoms with van der Waals surface area (Å²) in [6, 6.07) is 12.8. The predicted molar refractivity (Wildman–Crippen MR) is 111 cm³/mol. The molecule has 4 rings (SSSR count). The van der Waals surface area contributed by atoms with Gasteiger partial charge in [0.2, 0.25) is 5.91 Å². The Morgan fingerprint density at radius 2 is 1.96 bits per heavy atom. The van der Waals surface area contributed by atoms with E-state index in [0.717, 1.165) is 31.2 Å². The van der Waals surface area contributed by atoms with Crippen LogP contribution in [0.5, 0.6) is 0 Å². The first kappa shape index (κ1) is 19.2. The van der Waals surface area contributed by atoms with Gasteiger partial charge in [0.15, 0.2) is 5.60 Å². The summed E-state index contributed by atoms with van der Waals surface area (Å²) in [4.78, 5) is 13.4. The smallest absolute Gasteiger partial charge is 0.230 e. The summed E-state index contributed by atoms with van der Waals surface area (Å²) in [5, 5.41) is 18.8. The lowest BCUT2D eigenvalue weighted by molar-refractivity contribution is -0.127. The fraction of sp³-hybridized carbons (Fsp3) is 0.318. The molecule has 1 aliphatic carbocycles. The fourth-order valence-corrected chi connectivity index (χ4v) is 4.97. The maximum atomic E-state index is 13.4. The van der Waals surface area contributed by atoms with Crippen LogP contribution >= 0.6 is 22.9 Å². The maximum absolute atomic E-state index is 13.4. The molecule has 28 heavy (non-hydrogen) atoms. The zero-order valence-electron chi connectivity index (χ0n) is 15.4. The average molecular weight is 416 g/mol. The monoisotopic (exact) mass is 415 g/mol. The van der Waals surface area contributed by atoms with E-state index in [1.807, 2.05) is 41.1 Å². The second kappa shape index (κ2) is 7.74. The Kier molecular flexibility index (Phi) is 5.32. The van der Waals surface area contributed by atoms with Gasteiger partial charge in [-0.05, 0) is 59.5 Å². The fourth-order valence-electron chi connectivity index (χ4n) is 4.12. The van der Waals surface area contributed by atoms with Crippen molar-refractivity contribution in [2.75, 3.05) is 6.54 Å². The maximum Gasteiger partial charge on any atom is 0.230 e. The molecule has 0 radical (unpaired) electrons. The second-order valence-electron chi connectivity index (χ2n) is 7.33. The van der Waals surface area contributed by atoms with Crippen LogP contribution in [0.1, 0.15) is 42.6 Å². The lowest BCUT2D eigenvalue weighted by Crippen LogP contribution is -2.48. The summed E-state index contributed by atoms with van der Waals surface area (Å²) in [6.07, 6.45) is 5.11. The van der Waals surface area contributed by atoms with E-state index in [0.29, 0.717) is 16.3 Å². The molecule has 0 bridgehead atoms. The second-order valence-corrected chi connectivity index (χ2v) is 8.54. The summed E-state index contributed by atoms with van der Waals surface area (Å²) < 4.78 is 5.49. The Labute approximate surface area is 173 Å². The van der Waals surface area contributed by atoms with Crippen molar-refractivity contribution in [3.8, 4) is 0 Å². The highest BCUT2D eigenvalue weighted by Crippen LogP contribution is 2.42. The Hall–Kier alpha value is -2.08. The highest BCUT2D eigenvalue weighted by molar-refractivity contribution is 7.08. The van der Waals surface area contributed by atoms with Crippen LogP contribution in [-0.4, -0.2) is 17.6 Å². The molecule has 2 aromatic heterocycles. The number of furan rings is 1. The van der Waals surface area contributed by atoms with Gasteiger partial charge in [0.05, 0.1) is 18.2 Å². The van der Waals surface area contributed by atoms with E-state index >= 15 is 0 Å². The third-order valence-electron chi connectivity index (χ3n) is 5.72. The van der Waals surface area contributed by atoms with Crippen molar-refractivity contribution in [1.82, 2.24) is 5.32 Å². The molecule has 0 spiro atoms. The number of hydrogen-bond acceptors (Lipinski definition) is 4. The Morgan fingerprint density at radius 1 is 1.21 bits per heavy atom. The molecule has 6 heteroatoms. The molecule has 1 fully saturated rings. The molecule has 1 aliphatic rings. The lowest BCUT2D eigenvalue weighted by atomic mass is 9.77. The summed E-state index contributed by atoms with van der Waals surface area (Å²) in [5.74, 6) is 0.352. The average Bonchev–Trinajstić information content (AvgIpc) is 3.48. The summed E-state index contributed by atoms with van der Waals surface area (Å²) in [7, 11) is 0. The molecule has 1 amide bonds. The minimum absolute atomic E-state index is 0.0470. The van der Waals surface area contributed by atoms with Gasteiger partial charge in [0.25, 0.3) is 0 Å². The zero-order chi connectivity index (χ0) is 19.6. The summed E-state index contributed by atoms with van der Waals surface area (Å²) in [5.41, 5.74) is -0.300. The molecular weight excluding hydrogens is 394 g/mol. The molecule has 1 atom stereocenters. The van der Waals surface area contributed by atoms with E-state index in [2.05, 4.69) is 5.32 Å². The van der Waals surface area contributed by atoms with E-state index in [4.69, 9.17) is 16.0 Å². The SMILES string of the molecule is O=C(NCC(O)(c1ccsc1)c1ccco1)C1(c2ccc(Cl)cc2)CCCC1. The van der Waals surface area contributed by atoms with Crippen molar-refractivity contribution in [2.24, 2.45) is 0 Å². The molecule has 3 aromatic rings. The zero-order valence-corrected chi connectivity index (χ0v) is 16.9. The molecule has 0 aliphatic heterocycles. The van der Waals surface area contributed by atoms with E-state index in [1.165, 1.54) is 17.6 Å². The number of rotatable bonds is 6. The van der Waals surface area contributed by atoms with Crippen LogP contribution in [0.2, 0.25) is 5.02 Å². The van der Waals surface area contributed by atoms with E-state index in [-0.39, 0.29) is 12.5 Å². The van der Waals surface area contributed by atoms with E-state index < -0.39 is 11.0 Å². The van der Waals surface area contributed by atoms with Crippen LogP contribution in [0.25, 0.3) is 0 Å². The van der Waals surface area contributed by atoms with Crippen molar-refractivity contribution >= 4 is 28.8 Å². The highest BCUT2D eigenvalue weighted by atomic mass is 35.5. The van der Waals surface area contributed by atoms with Gasteiger partial charge < -0.3 is 14.8 Å². The first-order valence-electron chi connectivity index (χ1n) is 9.38. The summed E-state index contributed by atoms with van der Waals surface area (Å²) >= 11 is 7.53. The van der Waals surface area contributed by atoms with Crippen LogP contribution in [-0.2, 0) is 15.8 Å². The molecule has 2 N–H and O–H groups in total. The van der Waals surface area contributed by atoms with Crippen LogP contribution in [0.15, 0.2) is 63.9 Å². The molecule has 1 aromatic carbocycles. The molecule has 4 nitrogen and oxygen atoms in total. The van der Waals surface area contributed by atoms with Gasteiger partial charge in [0, 0.05) is 10.6 Å². The van der Waals surface area contributed by atoms with Gasteiger partial charge in [0.1, 0.15) is 5.76 Å². The van der Waals surface area contributed by atoms with Crippen molar-refractivity contribution in [2.45, 2.75) is 36.7 Å². The van der Waals surface area contributed by atoms with Crippen molar-refractivity contribution < 1.29 is 14.3 Å². The standard InChI is InChI=1S/C22H22ClNO3S/c23-18-7-5-16(6-8-18)21(10-1-2-11-21)20(25)24-15-22(26,17-9-13-28-14-17)19-4-3-12-27-19/h3-9,12-14,26H,1-2,10-11,15H2,(H,24,25). The number of amides is 1. The van der Waals surface area contributed by atoms with Gasteiger partial charge in [-0.2, -0.15) is 11.3 Å². The summed E-state index contributed by atoms with van der Waals surface area (Å²) in [6.45, 7) is 0.0470. The van der Waals surface area contributed by atoms with Crippen LogP contribution < -0.4 is 5.32 Å². The number of hydrogen-bond donors (Lipinski definition) is 2. The molecule has 2 heterocycles. The van der Waals surface area contributed by atoms with Crippen LogP contribution in [0, 0.1) is 0 Å². The Morgan fingerprint density at radius 3 is 2.57 bits per heavy atom. The van der Waals surface area contributed by atoms with Gasteiger partial charge >= 0.3 is 0 Å². The van der Waals surface area contributed by atoms with E-state index in [1.54, 1.807) is 12.1 Å². The number of carbonyl (C=O) groups is 1. The van der Waals surface area contributed by atoms with Crippen LogP contribution in [0.4, 0.5) is 0 Å². The number of aliphatic hydroxyl groups is 1. The molecule has 1 unspecified atom stereocenters. The minimum atomic E-state index is -1.40. The largest absolute Gasteiger partial charge is 0.466 e. The number of nitrogens with one attached hydrogen (secondary N) is 1. The van der Waals surface area contributed by atoms with Crippen molar-refractivity contribution in [3.05, 3.63) is 81.4 Å². The quantitative estimate of drug-likeness (QED) is 0.604. The van der Waals surface area contributed by atoms with Crippen molar-refractivity contribution in [1.29, 1.82) is 0 Å². The third-order valence-corrected chi connectivity index (χ3v) is 6.66. The number of thiophene rings is 1. The van der Waals surface area contributed by atoms with Crippen molar-refractivity contribution in [3.63, 3.8) is 0 Å². The topological polar surface area (TPSA) is 62.5 Å². The number of benzene rings is 1. The molecule has 146 valence electrons. The van der Waals surface area contributed by atoms with E-state index in [9.17, 15) is 9.90 Å². The predicted octanol–water partition coefficient (Wildman–Crippen LogP) is 4.86. The Bertz CT molecular complexity index is 879. The van der Waals surface area contributed by atoms with Gasteiger partial charge in [-0.3, -0.25) is 4.79 Å². The third kappa shape index (κ3) is 3.39. The van der Waals surface area contributed by atoms with Gasteiger partial charge in [-0.25, -0.2) is 0 Å². The molecule has 1 saturated carbocycles. The normalized spacial score (nSPS) is 17.9. The first-order chi connectivity index (χ1) is 13.5. The van der Waals surface area contributed by atoms with Gasteiger partial charge in [-0.1, -0.05) is 36.6 Å². The van der Waals surface area contributed by atoms with Gasteiger partial charge in [-0.15, -0.1) is 0 Å². The minimum Gasteiger partial charge on any atom is -0.466 e.